The number of hydrogen-bond donors (Lipinski definition) is 2. The van der Waals surface area contributed by atoms with Crippen LogP contribution in [0.25, 0.3) is 0 Å². The van der Waals surface area contributed by atoms with Crippen LogP contribution in [0.5, 0.6) is 0 Å². The highest BCUT2D eigenvalue weighted by Crippen LogP contribution is 2.22. The van der Waals surface area contributed by atoms with Crippen LogP contribution in [0.3, 0.4) is 0 Å². The molecule has 1 aliphatic rings. The van der Waals surface area contributed by atoms with E-state index in [2.05, 4.69) is 33.2 Å². The van der Waals surface area contributed by atoms with Gasteiger partial charge in [0.1, 0.15) is 0 Å². The lowest BCUT2D eigenvalue weighted by molar-refractivity contribution is 0.585. The van der Waals surface area contributed by atoms with Gasteiger partial charge in [-0.25, -0.2) is 4.98 Å². The highest BCUT2D eigenvalue weighted by atomic mass is 15.2. The molecule has 1 fully saturated rings. The first-order valence-electron chi connectivity index (χ1n) is 5.67. The van der Waals surface area contributed by atoms with Crippen molar-refractivity contribution in [3.05, 3.63) is 31.0 Å². The molecule has 86 valence electrons. The van der Waals surface area contributed by atoms with Crippen molar-refractivity contribution in [1.82, 2.24) is 10.3 Å². The summed E-state index contributed by atoms with van der Waals surface area (Å²) in [6.07, 6.45) is 3.70. The molecule has 1 aromatic rings. The summed E-state index contributed by atoms with van der Waals surface area (Å²) in [5.41, 5.74) is 1.09. The fourth-order valence-corrected chi connectivity index (χ4v) is 1.85. The fourth-order valence-electron chi connectivity index (χ4n) is 1.85. The van der Waals surface area contributed by atoms with Crippen molar-refractivity contribution in [3.63, 3.8) is 0 Å². The van der Waals surface area contributed by atoms with E-state index in [1.165, 1.54) is 0 Å². The normalized spacial score (nSPS) is 15.9. The Morgan fingerprint density at radius 3 is 3.06 bits per heavy atom. The van der Waals surface area contributed by atoms with Gasteiger partial charge in [0.2, 0.25) is 0 Å². The number of rotatable bonds is 4. The van der Waals surface area contributed by atoms with Gasteiger partial charge in [0.05, 0.1) is 5.69 Å². The van der Waals surface area contributed by atoms with Crippen molar-refractivity contribution >= 4 is 11.5 Å². The smallest absolute Gasteiger partial charge is 0.152 e. The van der Waals surface area contributed by atoms with Crippen LogP contribution in [0.15, 0.2) is 31.0 Å². The van der Waals surface area contributed by atoms with Crippen molar-refractivity contribution < 1.29 is 0 Å². The van der Waals surface area contributed by atoms with Crippen LogP contribution in [0.4, 0.5) is 11.5 Å². The van der Waals surface area contributed by atoms with Gasteiger partial charge in [-0.05, 0) is 12.1 Å². The number of nitrogens with one attached hydrogen (secondary N) is 2. The number of aromatic nitrogens is 1. The maximum absolute atomic E-state index is 4.46. The minimum absolute atomic E-state index is 0.769. The quantitative estimate of drug-likeness (QED) is 0.742. The Hall–Kier alpha value is -1.55. The van der Waals surface area contributed by atoms with E-state index in [0.29, 0.717) is 0 Å². The molecule has 0 amide bonds. The standard InChI is InChI=1S/C12H18N4/c1-2-5-14-11-4-3-6-15-12(11)16-9-7-13-8-10-16/h2-4,6,13-14H,1,5,7-10H2. The molecule has 4 nitrogen and oxygen atoms in total. The molecule has 0 unspecified atom stereocenters. The number of piperazine rings is 1. The highest BCUT2D eigenvalue weighted by Gasteiger charge is 2.14. The first-order valence-corrected chi connectivity index (χ1v) is 5.67. The Bertz CT molecular complexity index is 345. The first-order chi connectivity index (χ1) is 7.92. The molecule has 0 radical (unpaired) electrons. The third-order valence-corrected chi connectivity index (χ3v) is 2.64. The van der Waals surface area contributed by atoms with Gasteiger partial charge in [0.25, 0.3) is 0 Å². The monoisotopic (exact) mass is 218 g/mol. The molecule has 1 aromatic heterocycles. The van der Waals surface area contributed by atoms with Crippen molar-refractivity contribution in [2.24, 2.45) is 0 Å². The lowest BCUT2D eigenvalue weighted by Crippen LogP contribution is -2.44. The fraction of sp³-hybridized carbons (Fsp3) is 0.417. The van der Waals surface area contributed by atoms with Crippen LogP contribution in [-0.2, 0) is 0 Å². The summed E-state index contributed by atoms with van der Waals surface area (Å²) in [5, 5.41) is 6.66. The summed E-state index contributed by atoms with van der Waals surface area (Å²) >= 11 is 0. The zero-order valence-corrected chi connectivity index (χ0v) is 9.45. The summed E-state index contributed by atoms with van der Waals surface area (Å²) in [6.45, 7) is 8.56. The zero-order valence-electron chi connectivity index (χ0n) is 9.45. The first kappa shape index (κ1) is 11.0. The van der Waals surface area contributed by atoms with Gasteiger partial charge in [0.15, 0.2) is 5.82 Å². The summed E-state index contributed by atoms with van der Waals surface area (Å²) in [6, 6.07) is 4.02. The van der Waals surface area contributed by atoms with E-state index >= 15 is 0 Å². The van der Waals surface area contributed by atoms with Gasteiger partial charge >= 0.3 is 0 Å². The molecule has 1 saturated heterocycles. The van der Waals surface area contributed by atoms with E-state index in [0.717, 1.165) is 44.2 Å². The molecule has 0 spiro atoms. The van der Waals surface area contributed by atoms with Crippen LogP contribution in [0.2, 0.25) is 0 Å². The molecular weight excluding hydrogens is 200 g/mol. The third-order valence-electron chi connectivity index (χ3n) is 2.64. The molecule has 2 heterocycles. The molecule has 2 rings (SSSR count). The average Bonchev–Trinajstić information content (AvgIpc) is 2.38. The summed E-state index contributed by atoms with van der Waals surface area (Å²) < 4.78 is 0. The van der Waals surface area contributed by atoms with Crippen molar-refractivity contribution in [2.45, 2.75) is 0 Å². The second-order valence-corrected chi connectivity index (χ2v) is 3.78. The van der Waals surface area contributed by atoms with Gasteiger partial charge in [-0.3, -0.25) is 0 Å². The Balaban J connectivity index is 2.14. The van der Waals surface area contributed by atoms with Crippen molar-refractivity contribution in [1.29, 1.82) is 0 Å². The van der Waals surface area contributed by atoms with Gasteiger partial charge in [-0.15, -0.1) is 6.58 Å². The maximum Gasteiger partial charge on any atom is 0.152 e. The van der Waals surface area contributed by atoms with Gasteiger partial charge in [0, 0.05) is 38.9 Å². The minimum Gasteiger partial charge on any atom is -0.379 e. The van der Waals surface area contributed by atoms with E-state index < -0.39 is 0 Å². The Labute approximate surface area is 96.4 Å². The third kappa shape index (κ3) is 2.52. The summed E-state index contributed by atoms with van der Waals surface area (Å²) in [4.78, 5) is 6.76. The Morgan fingerprint density at radius 2 is 2.31 bits per heavy atom. The number of pyridine rings is 1. The predicted octanol–water partition coefficient (Wildman–Crippen LogP) is 1.09. The lowest BCUT2D eigenvalue weighted by Gasteiger charge is -2.29. The minimum atomic E-state index is 0.769. The van der Waals surface area contributed by atoms with Crippen LogP contribution >= 0.6 is 0 Å². The van der Waals surface area contributed by atoms with Crippen LogP contribution in [0.1, 0.15) is 0 Å². The van der Waals surface area contributed by atoms with Gasteiger partial charge in [-0.2, -0.15) is 0 Å². The van der Waals surface area contributed by atoms with E-state index in [4.69, 9.17) is 0 Å². The topological polar surface area (TPSA) is 40.2 Å². The largest absolute Gasteiger partial charge is 0.379 e. The second kappa shape index (κ2) is 5.51. The van der Waals surface area contributed by atoms with E-state index in [1.54, 1.807) is 0 Å². The molecule has 1 aliphatic heterocycles. The van der Waals surface area contributed by atoms with E-state index in [-0.39, 0.29) is 0 Å². The lowest BCUT2D eigenvalue weighted by atomic mass is 10.3. The summed E-state index contributed by atoms with van der Waals surface area (Å²) in [7, 11) is 0. The maximum atomic E-state index is 4.46. The molecule has 16 heavy (non-hydrogen) atoms. The second-order valence-electron chi connectivity index (χ2n) is 3.78. The SMILES string of the molecule is C=CCNc1cccnc1N1CCNCC1. The summed E-state index contributed by atoms with van der Waals surface area (Å²) in [5.74, 6) is 1.05. The Morgan fingerprint density at radius 1 is 1.50 bits per heavy atom. The molecule has 0 aliphatic carbocycles. The van der Waals surface area contributed by atoms with Crippen molar-refractivity contribution in [2.75, 3.05) is 42.9 Å². The van der Waals surface area contributed by atoms with E-state index in [9.17, 15) is 0 Å². The Kier molecular flexibility index (Phi) is 3.77. The molecular formula is C12H18N4. The zero-order chi connectivity index (χ0) is 11.2. The van der Waals surface area contributed by atoms with Crippen LogP contribution in [-0.4, -0.2) is 37.7 Å². The van der Waals surface area contributed by atoms with Crippen molar-refractivity contribution in [3.8, 4) is 0 Å². The molecule has 0 bridgehead atoms. The molecule has 2 N–H and O–H groups in total. The average molecular weight is 218 g/mol. The number of anilines is 2. The highest BCUT2D eigenvalue weighted by molar-refractivity contribution is 5.65. The van der Waals surface area contributed by atoms with Gasteiger partial charge < -0.3 is 15.5 Å². The molecule has 0 saturated carbocycles. The van der Waals surface area contributed by atoms with Gasteiger partial charge in [-0.1, -0.05) is 6.08 Å². The number of nitrogens with zero attached hydrogens (tertiary/aromatic N) is 2. The van der Waals surface area contributed by atoms with Crippen LogP contribution < -0.4 is 15.5 Å². The van der Waals surface area contributed by atoms with E-state index in [1.807, 2.05) is 18.3 Å². The molecule has 0 atom stereocenters. The predicted molar refractivity (Wildman–Crippen MR) is 68.0 cm³/mol. The molecule has 0 aromatic carbocycles. The number of hydrogen-bond acceptors (Lipinski definition) is 4. The van der Waals surface area contributed by atoms with Crippen LogP contribution in [0, 0.1) is 0 Å². The molecule has 4 heteroatoms.